The molecule has 190 valence electrons. The normalized spacial score (nSPS) is 16.2. The maximum absolute atomic E-state index is 14.1. The van der Waals surface area contributed by atoms with Gasteiger partial charge in [0.1, 0.15) is 24.2 Å². The zero-order valence-corrected chi connectivity index (χ0v) is 20.3. The van der Waals surface area contributed by atoms with Crippen LogP contribution in [-0.4, -0.2) is 69.2 Å². The van der Waals surface area contributed by atoms with Crippen molar-refractivity contribution in [3.05, 3.63) is 78.1 Å². The van der Waals surface area contributed by atoms with E-state index in [4.69, 9.17) is 9.47 Å². The van der Waals surface area contributed by atoms with E-state index in [-0.39, 0.29) is 43.7 Å². The second-order valence-electron chi connectivity index (χ2n) is 8.68. The van der Waals surface area contributed by atoms with E-state index < -0.39 is 6.10 Å². The molecule has 3 aromatic rings. The number of aryl methyl sites for hydroxylation is 1. The number of ether oxygens (including phenoxy) is 2. The Bertz CT molecular complexity index is 1140. The van der Waals surface area contributed by atoms with Crippen LogP contribution in [0.25, 0.3) is 0 Å². The summed E-state index contributed by atoms with van der Waals surface area (Å²) in [5.74, 6) is 0.0923. The number of nitrogens with zero attached hydrogens (tertiary/aromatic N) is 5. The fourth-order valence-corrected chi connectivity index (χ4v) is 4.10. The minimum Gasteiger partial charge on any atom is -0.497 e. The van der Waals surface area contributed by atoms with E-state index >= 15 is 0 Å². The lowest BCUT2D eigenvalue weighted by molar-refractivity contribution is -0.139. The summed E-state index contributed by atoms with van der Waals surface area (Å²) in [6.45, 7) is 1.50. The number of rotatable bonds is 10. The molecule has 1 aliphatic heterocycles. The number of amides is 2. The lowest BCUT2D eigenvalue weighted by Gasteiger charge is -2.25. The van der Waals surface area contributed by atoms with Crippen molar-refractivity contribution in [1.82, 2.24) is 24.6 Å². The van der Waals surface area contributed by atoms with Crippen molar-refractivity contribution in [2.45, 2.75) is 38.6 Å². The van der Waals surface area contributed by atoms with Crippen molar-refractivity contribution >= 4 is 11.8 Å². The number of halogens is 1. The van der Waals surface area contributed by atoms with Crippen LogP contribution in [0.1, 0.15) is 24.0 Å². The van der Waals surface area contributed by atoms with Gasteiger partial charge in [-0.05, 0) is 30.2 Å². The van der Waals surface area contributed by atoms with E-state index in [0.717, 1.165) is 11.3 Å². The van der Waals surface area contributed by atoms with E-state index in [9.17, 15) is 14.0 Å². The Balaban J connectivity index is 1.44. The molecule has 0 spiro atoms. The Morgan fingerprint density at radius 1 is 1.14 bits per heavy atom. The van der Waals surface area contributed by atoms with Gasteiger partial charge in [0.25, 0.3) is 0 Å². The Morgan fingerprint density at radius 2 is 1.94 bits per heavy atom. The number of carbonyl (C=O) groups is 2. The molecule has 1 aromatic heterocycles. The molecule has 4 rings (SSSR count). The molecule has 9 nitrogen and oxygen atoms in total. The summed E-state index contributed by atoms with van der Waals surface area (Å²) in [5, 5.41) is 4.05. The van der Waals surface area contributed by atoms with E-state index in [1.165, 1.54) is 12.4 Å². The monoisotopic (exact) mass is 495 g/mol. The minimum absolute atomic E-state index is 0.0299. The first-order valence-corrected chi connectivity index (χ1v) is 11.9. The summed E-state index contributed by atoms with van der Waals surface area (Å²) in [6, 6.07) is 13.9. The van der Waals surface area contributed by atoms with Crippen LogP contribution >= 0.6 is 0 Å². The molecule has 1 unspecified atom stereocenters. The number of hydrogen-bond donors (Lipinski definition) is 0. The molecule has 36 heavy (non-hydrogen) atoms. The molecular weight excluding hydrogens is 465 g/mol. The van der Waals surface area contributed by atoms with Gasteiger partial charge in [0, 0.05) is 38.2 Å². The number of carbonyl (C=O) groups excluding carboxylic acids is 2. The number of methoxy groups -OCH3 is 1. The molecule has 2 aromatic carbocycles. The van der Waals surface area contributed by atoms with Crippen LogP contribution in [0.5, 0.6) is 5.75 Å². The summed E-state index contributed by atoms with van der Waals surface area (Å²) in [4.78, 5) is 33.3. The third kappa shape index (κ3) is 6.88. The first kappa shape index (κ1) is 25.3. The third-order valence-electron chi connectivity index (χ3n) is 6.09. The quantitative estimate of drug-likeness (QED) is 0.430. The lowest BCUT2D eigenvalue weighted by atomic mass is 10.2. The molecule has 1 atom stereocenters. The van der Waals surface area contributed by atoms with Crippen LogP contribution in [0.15, 0.2) is 61.2 Å². The smallest absolute Gasteiger partial charge is 0.242 e. The van der Waals surface area contributed by atoms with Crippen LogP contribution in [0.2, 0.25) is 0 Å². The fraction of sp³-hybridized carbons (Fsp3) is 0.385. The van der Waals surface area contributed by atoms with Crippen molar-refractivity contribution in [1.29, 1.82) is 0 Å². The Hall–Kier alpha value is -3.79. The van der Waals surface area contributed by atoms with Gasteiger partial charge in [-0.1, -0.05) is 30.3 Å². The Labute approximate surface area is 209 Å². The van der Waals surface area contributed by atoms with E-state index in [2.05, 4.69) is 10.1 Å². The van der Waals surface area contributed by atoms with Gasteiger partial charge in [-0.15, -0.1) is 0 Å². The summed E-state index contributed by atoms with van der Waals surface area (Å²) >= 11 is 0. The maximum atomic E-state index is 14.1. The van der Waals surface area contributed by atoms with Gasteiger partial charge < -0.3 is 19.3 Å². The van der Waals surface area contributed by atoms with Crippen LogP contribution < -0.4 is 4.74 Å². The van der Waals surface area contributed by atoms with Gasteiger partial charge in [-0.2, -0.15) is 5.10 Å². The molecule has 0 bridgehead atoms. The Kier molecular flexibility index (Phi) is 8.62. The Morgan fingerprint density at radius 3 is 2.67 bits per heavy atom. The highest BCUT2D eigenvalue weighted by molar-refractivity contribution is 5.85. The molecule has 2 heterocycles. The lowest BCUT2D eigenvalue weighted by Crippen LogP contribution is -2.39. The van der Waals surface area contributed by atoms with Gasteiger partial charge in [0.15, 0.2) is 0 Å². The first-order valence-electron chi connectivity index (χ1n) is 11.9. The molecule has 0 radical (unpaired) electrons. The average Bonchev–Trinajstić information content (AvgIpc) is 3.35. The molecular formula is C26H30FN5O4. The summed E-state index contributed by atoms with van der Waals surface area (Å²) in [6.07, 6.45) is 3.43. The molecule has 2 amide bonds. The highest BCUT2D eigenvalue weighted by Crippen LogP contribution is 2.18. The van der Waals surface area contributed by atoms with Crippen molar-refractivity contribution in [3.8, 4) is 5.75 Å². The predicted molar refractivity (Wildman–Crippen MR) is 129 cm³/mol. The van der Waals surface area contributed by atoms with Gasteiger partial charge in [0.2, 0.25) is 11.8 Å². The molecule has 0 saturated carbocycles. The second-order valence-corrected chi connectivity index (χ2v) is 8.68. The van der Waals surface area contributed by atoms with Crippen LogP contribution in [0, 0.1) is 5.82 Å². The SMILES string of the molecule is COc1ccc(CN2CC(OCc3ccccc3F)CN(C(=O)CCCn3cncn3)CC2=O)cc1. The van der Waals surface area contributed by atoms with Gasteiger partial charge in [0.05, 0.1) is 26.4 Å². The zero-order valence-electron chi connectivity index (χ0n) is 20.3. The summed E-state index contributed by atoms with van der Waals surface area (Å²) in [5.41, 5.74) is 1.37. The van der Waals surface area contributed by atoms with Crippen LogP contribution in [-0.2, 0) is 34.0 Å². The fourth-order valence-electron chi connectivity index (χ4n) is 4.10. The topological polar surface area (TPSA) is 89.8 Å². The third-order valence-corrected chi connectivity index (χ3v) is 6.09. The molecule has 1 fully saturated rings. The second kappa shape index (κ2) is 12.3. The molecule has 10 heteroatoms. The standard InChI is InChI=1S/C26H30FN5O4/c1-35-22-10-8-20(9-11-22)13-30-14-23(36-17-21-5-2-3-6-24(21)27)15-31(16-26(30)34)25(33)7-4-12-32-19-28-18-29-32/h2-3,5-6,8-11,18-19,23H,4,7,12-17H2,1H3. The summed E-state index contributed by atoms with van der Waals surface area (Å²) < 4.78 is 27.1. The predicted octanol–water partition coefficient (Wildman–Crippen LogP) is 2.66. The number of aromatic nitrogens is 3. The van der Waals surface area contributed by atoms with Crippen LogP contribution in [0.3, 0.4) is 0 Å². The van der Waals surface area contributed by atoms with Gasteiger partial charge in [-0.25, -0.2) is 9.37 Å². The van der Waals surface area contributed by atoms with Gasteiger partial charge >= 0.3 is 0 Å². The molecule has 1 saturated heterocycles. The zero-order chi connectivity index (χ0) is 25.3. The van der Waals surface area contributed by atoms with Crippen molar-refractivity contribution < 1.29 is 23.5 Å². The van der Waals surface area contributed by atoms with Crippen molar-refractivity contribution in [2.24, 2.45) is 0 Å². The highest BCUT2D eigenvalue weighted by atomic mass is 19.1. The highest BCUT2D eigenvalue weighted by Gasteiger charge is 2.31. The minimum atomic E-state index is -0.464. The number of hydrogen-bond acceptors (Lipinski definition) is 6. The number of benzene rings is 2. The first-order chi connectivity index (χ1) is 17.5. The maximum Gasteiger partial charge on any atom is 0.242 e. The average molecular weight is 496 g/mol. The largest absolute Gasteiger partial charge is 0.497 e. The van der Waals surface area contributed by atoms with E-state index in [1.807, 2.05) is 24.3 Å². The van der Waals surface area contributed by atoms with E-state index in [1.54, 1.807) is 46.1 Å². The van der Waals surface area contributed by atoms with E-state index in [0.29, 0.717) is 31.6 Å². The molecule has 0 N–H and O–H groups in total. The summed E-state index contributed by atoms with van der Waals surface area (Å²) in [7, 11) is 1.60. The van der Waals surface area contributed by atoms with Crippen LogP contribution in [0.4, 0.5) is 4.39 Å². The molecule has 1 aliphatic rings. The van der Waals surface area contributed by atoms with Crippen molar-refractivity contribution in [3.63, 3.8) is 0 Å². The molecule has 0 aliphatic carbocycles. The van der Waals surface area contributed by atoms with Crippen molar-refractivity contribution in [2.75, 3.05) is 26.7 Å². The van der Waals surface area contributed by atoms with Gasteiger partial charge in [-0.3, -0.25) is 14.3 Å².